The van der Waals surface area contributed by atoms with E-state index in [0.29, 0.717) is 28.8 Å². The number of carbonyl (C=O) groups excluding carboxylic acids is 1. The molecule has 0 amide bonds. The van der Waals surface area contributed by atoms with Crippen molar-refractivity contribution >= 4 is 22.8 Å². The zero-order valence-corrected chi connectivity index (χ0v) is 17.1. The largest absolute Gasteiger partial charge is 0.493 e. The maximum Gasteiger partial charge on any atom is 0.209 e. The van der Waals surface area contributed by atoms with Crippen LogP contribution in [0.3, 0.4) is 0 Å². The Morgan fingerprint density at radius 3 is 2.41 bits per heavy atom. The molecule has 0 saturated carbocycles. The van der Waals surface area contributed by atoms with Gasteiger partial charge in [0, 0.05) is 16.8 Å². The van der Waals surface area contributed by atoms with E-state index in [-0.39, 0.29) is 5.78 Å². The first kappa shape index (κ1) is 18.9. The minimum absolute atomic E-state index is 0.0275. The van der Waals surface area contributed by atoms with Gasteiger partial charge in [0.05, 0.1) is 38.4 Å². The summed E-state index contributed by atoms with van der Waals surface area (Å²) in [5, 5.41) is 3.28. The number of nitrogens with one attached hydrogen (secondary N) is 1. The van der Waals surface area contributed by atoms with Gasteiger partial charge in [-0.05, 0) is 38.1 Å². The van der Waals surface area contributed by atoms with Crippen molar-refractivity contribution < 1.29 is 19.0 Å². The molecule has 3 aromatic rings. The summed E-state index contributed by atoms with van der Waals surface area (Å²) in [7, 11) is 4.73. The van der Waals surface area contributed by atoms with Crippen LogP contribution >= 0.6 is 0 Å². The van der Waals surface area contributed by atoms with Crippen molar-refractivity contribution in [3.8, 4) is 17.2 Å². The smallest absolute Gasteiger partial charge is 0.209 e. The normalized spacial score (nSPS) is 15.7. The number of Topliss-reactive ketones (excluding diaryl/α,β-unsaturated/α-hetero) is 1. The van der Waals surface area contributed by atoms with E-state index in [2.05, 4.69) is 5.32 Å². The number of imidazole rings is 1. The molecule has 0 radical (unpaired) electrons. The van der Waals surface area contributed by atoms with Crippen LogP contribution in [0.1, 0.15) is 25.5 Å². The number of methoxy groups -OCH3 is 3. The summed E-state index contributed by atoms with van der Waals surface area (Å²) < 4.78 is 18.8. The van der Waals surface area contributed by atoms with Crippen molar-refractivity contribution in [2.24, 2.45) is 0 Å². The maximum atomic E-state index is 12.7. The Bertz CT molecular complexity index is 1150. The minimum atomic E-state index is -0.425. The molecule has 0 fully saturated rings. The third kappa shape index (κ3) is 2.81. The molecule has 4 rings (SSSR count). The Kier molecular flexibility index (Phi) is 4.66. The molecule has 2 heterocycles. The fourth-order valence-corrected chi connectivity index (χ4v) is 4.05. The predicted molar refractivity (Wildman–Crippen MR) is 111 cm³/mol. The van der Waals surface area contributed by atoms with E-state index in [1.54, 1.807) is 28.3 Å². The quantitative estimate of drug-likeness (QED) is 0.708. The first-order chi connectivity index (χ1) is 14.0. The van der Waals surface area contributed by atoms with Gasteiger partial charge in [0.15, 0.2) is 17.3 Å². The van der Waals surface area contributed by atoms with Crippen molar-refractivity contribution in [3.05, 3.63) is 53.2 Å². The van der Waals surface area contributed by atoms with Crippen LogP contribution < -0.4 is 19.5 Å². The second kappa shape index (κ2) is 7.16. The van der Waals surface area contributed by atoms with Crippen LogP contribution in [0.4, 0.5) is 5.95 Å². The van der Waals surface area contributed by atoms with E-state index in [1.165, 1.54) is 0 Å². The number of para-hydroxylation sites is 2. The number of ketones is 1. The maximum absolute atomic E-state index is 12.7. The average Bonchev–Trinajstić information content (AvgIpc) is 3.08. The molecule has 0 saturated heterocycles. The van der Waals surface area contributed by atoms with Gasteiger partial charge in [-0.2, -0.15) is 0 Å². The molecule has 29 heavy (non-hydrogen) atoms. The van der Waals surface area contributed by atoms with E-state index in [1.807, 2.05) is 47.9 Å². The van der Waals surface area contributed by atoms with Crippen molar-refractivity contribution in [3.63, 3.8) is 0 Å². The fourth-order valence-electron chi connectivity index (χ4n) is 4.05. The number of benzene rings is 2. The van der Waals surface area contributed by atoms with Crippen molar-refractivity contribution in [1.29, 1.82) is 0 Å². The Morgan fingerprint density at radius 1 is 1.03 bits per heavy atom. The lowest BCUT2D eigenvalue weighted by Crippen LogP contribution is -2.27. The number of carbonyl (C=O) groups is 1. The second-order valence-corrected chi connectivity index (χ2v) is 6.84. The van der Waals surface area contributed by atoms with Gasteiger partial charge in [-0.25, -0.2) is 4.98 Å². The molecule has 7 nitrogen and oxygen atoms in total. The van der Waals surface area contributed by atoms with Gasteiger partial charge in [0.2, 0.25) is 11.7 Å². The highest BCUT2D eigenvalue weighted by molar-refractivity contribution is 5.98. The van der Waals surface area contributed by atoms with Crippen molar-refractivity contribution in [2.45, 2.75) is 19.9 Å². The molecule has 1 atom stereocenters. The summed E-state index contributed by atoms with van der Waals surface area (Å²) in [4.78, 5) is 17.4. The van der Waals surface area contributed by atoms with Gasteiger partial charge in [-0.1, -0.05) is 12.1 Å². The van der Waals surface area contributed by atoms with E-state index < -0.39 is 6.04 Å². The molecule has 0 aliphatic carbocycles. The number of aromatic nitrogens is 2. The van der Waals surface area contributed by atoms with Crippen LogP contribution in [-0.2, 0) is 4.79 Å². The van der Waals surface area contributed by atoms with E-state index >= 15 is 0 Å². The lowest BCUT2D eigenvalue weighted by atomic mass is 9.91. The first-order valence-electron chi connectivity index (χ1n) is 9.26. The second-order valence-electron chi connectivity index (χ2n) is 6.84. The lowest BCUT2D eigenvalue weighted by molar-refractivity contribution is -0.114. The monoisotopic (exact) mass is 393 g/mol. The molecule has 0 spiro atoms. The molecule has 1 aliphatic rings. The number of anilines is 1. The number of allylic oxidation sites excluding steroid dienone is 2. The van der Waals surface area contributed by atoms with Crippen LogP contribution in [0.5, 0.6) is 17.2 Å². The van der Waals surface area contributed by atoms with Crippen LogP contribution in [0.15, 0.2) is 47.7 Å². The number of ether oxygens (including phenoxy) is 3. The third-order valence-corrected chi connectivity index (χ3v) is 5.24. The lowest BCUT2D eigenvalue weighted by Gasteiger charge is -2.31. The van der Waals surface area contributed by atoms with Gasteiger partial charge in [-0.15, -0.1) is 0 Å². The van der Waals surface area contributed by atoms with Gasteiger partial charge in [0.1, 0.15) is 0 Å². The molecule has 2 aromatic carbocycles. The zero-order chi connectivity index (χ0) is 20.7. The van der Waals surface area contributed by atoms with Crippen LogP contribution in [0, 0.1) is 0 Å². The topological polar surface area (TPSA) is 74.6 Å². The molecule has 1 N–H and O–H groups in total. The van der Waals surface area contributed by atoms with Gasteiger partial charge >= 0.3 is 0 Å². The third-order valence-electron chi connectivity index (χ3n) is 5.24. The molecule has 0 bridgehead atoms. The van der Waals surface area contributed by atoms with Crippen LogP contribution in [-0.4, -0.2) is 36.7 Å². The number of rotatable bonds is 5. The van der Waals surface area contributed by atoms with Gasteiger partial charge < -0.3 is 19.5 Å². The molecule has 7 heteroatoms. The fraction of sp³-hybridized carbons (Fsp3) is 0.273. The van der Waals surface area contributed by atoms with E-state index in [4.69, 9.17) is 19.2 Å². The molecular formula is C22H23N3O4. The molecule has 1 aromatic heterocycles. The summed E-state index contributed by atoms with van der Waals surface area (Å²) in [6.07, 6.45) is 0. The van der Waals surface area contributed by atoms with Crippen LogP contribution in [0.2, 0.25) is 0 Å². The zero-order valence-electron chi connectivity index (χ0n) is 17.1. The Morgan fingerprint density at radius 2 is 1.76 bits per heavy atom. The first-order valence-corrected chi connectivity index (χ1v) is 9.26. The summed E-state index contributed by atoms with van der Waals surface area (Å²) in [5.41, 5.74) is 3.97. The standard InChI is InChI=1S/C22H23N3O4/c1-12-18(13(2)26)19(14-10-11-17(27-3)21(29-5)20(14)28-4)25-16-9-7-6-8-15(16)24-22(25)23-12/h6-11,19H,1-5H3,(H,23,24). The summed E-state index contributed by atoms with van der Waals surface area (Å²) in [5.74, 6) is 2.21. The molecular weight excluding hydrogens is 370 g/mol. The Labute approximate surface area is 168 Å². The Balaban J connectivity index is 2.07. The summed E-state index contributed by atoms with van der Waals surface area (Å²) in [6, 6.07) is 11.2. The molecule has 150 valence electrons. The van der Waals surface area contributed by atoms with Crippen LogP contribution in [0.25, 0.3) is 11.0 Å². The van der Waals surface area contributed by atoms with Gasteiger partial charge in [0.25, 0.3) is 0 Å². The van der Waals surface area contributed by atoms with E-state index in [0.717, 1.165) is 22.3 Å². The van der Waals surface area contributed by atoms with Crippen molar-refractivity contribution in [2.75, 3.05) is 26.6 Å². The average molecular weight is 393 g/mol. The molecule has 1 aliphatic heterocycles. The molecule has 1 unspecified atom stereocenters. The highest BCUT2D eigenvalue weighted by Gasteiger charge is 2.35. The predicted octanol–water partition coefficient (Wildman–Crippen LogP) is 3.94. The highest BCUT2D eigenvalue weighted by Crippen LogP contribution is 2.48. The highest BCUT2D eigenvalue weighted by atomic mass is 16.5. The van der Waals surface area contributed by atoms with Gasteiger partial charge in [-0.3, -0.25) is 9.36 Å². The summed E-state index contributed by atoms with van der Waals surface area (Å²) in [6.45, 7) is 3.46. The van der Waals surface area contributed by atoms with Crippen molar-refractivity contribution in [1.82, 2.24) is 9.55 Å². The number of nitrogens with zero attached hydrogens (tertiary/aromatic N) is 2. The number of hydrogen-bond donors (Lipinski definition) is 1. The number of hydrogen-bond acceptors (Lipinski definition) is 6. The number of fused-ring (bicyclic) bond motifs is 3. The summed E-state index contributed by atoms with van der Waals surface area (Å²) >= 11 is 0. The Hall–Kier alpha value is -3.48. The minimum Gasteiger partial charge on any atom is -0.493 e. The SMILES string of the molecule is COc1ccc(C2C(C(C)=O)=C(C)Nc3nc4ccccc4n32)c(OC)c1OC. The van der Waals surface area contributed by atoms with E-state index in [9.17, 15) is 4.79 Å².